The van der Waals surface area contributed by atoms with E-state index in [1.165, 1.54) is 53.7 Å². The van der Waals surface area contributed by atoms with Gasteiger partial charge in [0.05, 0.1) is 29.8 Å². The molecule has 4 aromatic heterocycles. The number of halogens is 5. The Kier molecular flexibility index (Phi) is 15.9. The summed E-state index contributed by atoms with van der Waals surface area (Å²) in [5.41, 5.74) is -1.23. The number of hydrogen-bond acceptors (Lipinski definition) is 15. The van der Waals surface area contributed by atoms with Crippen LogP contribution in [0.2, 0.25) is 5.02 Å². The Labute approximate surface area is 406 Å². The Morgan fingerprint density at radius 3 is 1.94 bits per heavy atom. The molecule has 358 valence electrons. The minimum atomic E-state index is -4.44. The van der Waals surface area contributed by atoms with Crippen molar-refractivity contribution in [2.24, 2.45) is 24.4 Å². The number of nitrogens with zero attached hydrogens (tertiary/aromatic N) is 6. The number of aromatic nitrogens is 5. The van der Waals surface area contributed by atoms with Gasteiger partial charge in [0.25, 0.3) is 22.2 Å². The number of carbonyl (C=O) groups is 1. The van der Waals surface area contributed by atoms with Crippen LogP contribution in [-0.2, 0) is 59.1 Å². The van der Waals surface area contributed by atoms with Crippen LogP contribution >= 0.6 is 58.1 Å². The molecule has 1 aliphatic carbocycles. The van der Waals surface area contributed by atoms with Crippen molar-refractivity contribution < 1.29 is 37.5 Å². The lowest BCUT2D eigenvalue weighted by molar-refractivity contribution is -0.137. The monoisotopic (exact) mass is 1030 g/mol. The molecule has 0 spiro atoms. The minimum absolute atomic E-state index is 0.0484. The van der Waals surface area contributed by atoms with Crippen molar-refractivity contribution in [3.05, 3.63) is 158 Å². The number of methoxy groups -OCH3 is 1. The average Bonchev–Trinajstić information content (AvgIpc) is 3.85. The van der Waals surface area contributed by atoms with Crippen molar-refractivity contribution in [2.75, 3.05) is 14.2 Å². The fourth-order valence-electron chi connectivity index (χ4n) is 6.72. The van der Waals surface area contributed by atoms with Gasteiger partial charge in [-0.1, -0.05) is 76.5 Å². The van der Waals surface area contributed by atoms with Crippen molar-refractivity contribution in [1.82, 2.24) is 23.9 Å². The Hall–Kier alpha value is -6.04. The Morgan fingerprint density at radius 1 is 0.882 bits per heavy atom. The lowest BCUT2D eigenvalue weighted by atomic mass is 9.89. The number of nitrogens with one attached hydrogen (secondary N) is 1. The van der Waals surface area contributed by atoms with Gasteiger partial charge < -0.3 is 19.5 Å². The maximum Gasteiger partial charge on any atom is 0.416 e. The summed E-state index contributed by atoms with van der Waals surface area (Å²) in [7, 11) is 5.27. The number of carbonyl (C=O) groups excluding carboxylic acids is 1. The SMILES string of the molecule is CO/N=C(/C(=O)OC)c1ccccc1CO/N=C(\C)c1cccc(C(F)(F)F)c1.Cn1c(=O)c2sc3c(=O)n(C)c(=O)c3sc2c1=O.OC(Cc1ccccc1Cl)(Cn1[nH]cnc1=S)C1(Cl)CC1. The van der Waals surface area contributed by atoms with Gasteiger partial charge in [0.1, 0.15) is 44.4 Å². The van der Waals surface area contributed by atoms with Crippen LogP contribution in [-0.4, -0.2) is 71.1 Å². The summed E-state index contributed by atoms with van der Waals surface area (Å²) in [5, 5.41) is 22.3. The molecule has 68 heavy (non-hydrogen) atoms. The topological polar surface area (TPSA) is 201 Å². The number of fused-ring (bicyclic) bond motifs is 2. The summed E-state index contributed by atoms with van der Waals surface area (Å²) in [6, 6.07) is 19.0. The molecule has 1 fully saturated rings. The number of esters is 1. The van der Waals surface area contributed by atoms with E-state index in [2.05, 4.69) is 20.4 Å². The zero-order chi connectivity index (χ0) is 49.7. The first-order valence-corrected chi connectivity index (χ1v) is 22.8. The first-order valence-electron chi connectivity index (χ1n) is 20.0. The molecule has 0 aliphatic heterocycles. The molecule has 4 heterocycles. The van der Waals surface area contributed by atoms with Gasteiger partial charge in [-0.2, -0.15) is 13.2 Å². The van der Waals surface area contributed by atoms with Crippen LogP contribution in [0.1, 0.15) is 47.6 Å². The molecular formula is C44H40Cl2F3N7O9S3. The van der Waals surface area contributed by atoms with Gasteiger partial charge in [-0.25, -0.2) is 9.78 Å². The van der Waals surface area contributed by atoms with E-state index in [1.807, 2.05) is 24.3 Å². The van der Waals surface area contributed by atoms with Crippen molar-refractivity contribution in [1.29, 1.82) is 0 Å². The zero-order valence-electron chi connectivity index (χ0n) is 36.6. The van der Waals surface area contributed by atoms with Crippen LogP contribution in [0.3, 0.4) is 0 Å². The molecule has 1 unspecified atom stereocenters. The second kappa shape index (κ2) is 21.1. The predicted molar refractivity (Wildman–Crippen MR) is 257 cm³/mol. The van der Waals surface area contributed by atoms with Crippen LogP contribution < -0.4 is 22.2 Å². The molecule has 2 N–H and O–H groups in total. The largest absolute Gasteiger partial charge is 0.464 e. The normalized spacial score (nSPS) is 14.3. The number of ether oxygens (including phenoxy) is 1. The standard InChI is InChI=1S/C20H19F3N2O4.C14H15Cl2N3OS.C10H6N2O4S2/c1-13(14-8-6-9-16(11-14)20(21,22)23)24-29-12-15-7-4-5-10-17(15)18(25-28-3)19(26)27-2;15-11-4-2-1-3-10(11)7-14(20,13(16)5-6-13)8-19-12(21)17-9-18-19;1-11-7(13)3-4(8(11)14)18-6-5(17-3)9(15)12(2)10(6)16/h4-11H,12H2,1-3H3;1-4,9,20H,5-8H2,(H,17,18,21);1-2H3/b24-13+,25-18+;;. The Balaban J connectivity index is 0.000000173. The highest BCUT2D eigenvalue weighted by Gasteiger charge is 2.58. The summed E-state index contributed by atoms with van der Waals surface area (Å²) in [4.78, 5) is 72.4. The number of aromatic amines is 1. The number of H-pyrrole nitrogens is 1. The highest BCUT2D eigenvalue weighted by Crippen LogP contribution is 2.53. The third-order valence-electron chi connectivity index (χ3n) is 10.7. The number of rotatable bonds is 12. The summed E-state index contributed by atoms with van der Waals surface area (Å²) >= 11 is 19.7. The number of oxime groups is 2. The van der Waals surface area contributed by atoms with Crippen LogP contribution in [0, 0.1) is 4.77 Å². The van der Waals surface area contributed by atoms with E-state index >= 15 is 0 Å². The Morgan fingerprint density at radius 2 is 1.44 bits per heavy atom. The van der Waals surface area contributed by atoms with Crippen LogP contribution in [0.15, 0.2) is 109 Å². The van der Waals surface area contributed by atoms with Gasteiger partial charge in [0, 0.05) is 36.7 Å². The highest BCUT2D eigenvalue weighted by atomic mass is 35.5. The number of benzene rings is 3. The molecule has 0 amide bonds. The van der Waals surface area contributed by atoms with E-state index in [0.29, 0.717) is 27.3 Å². The first-order chi connectivity index (χ1) is 32.1. The van der Waals surface area contributed by atoms with Gasteiger partial charge in [-0.3, -0.25) is 38.1 Å². The van der Waals surface area contributed by atoms with Crippen molar-refractivity contribution in [3.63, 3.8) is 0 Å². The van der Waals surface area contributed by atoms with E-state index in [-0.39, 0.29) is 48.9 Å². The molecule has 16 nitrogen and oxygen atoms in total. The van der Waals surface area contributed by atoms with E-state index in [9.17, 15) is 42.3 Å². The molecule has 0 bridgehead atoms. The smallest absolute Gasteiger partial charge is 0.416 e. The maximum atomic E-state index is 12.9. The summed E-state index contributed by atoms with van der Waals surface area (Å²) in [6.07, 6.45) is -1.02. The van der Waals surface area contributed by atoms with Gasteiger partial charge in [0.2, 0.25) is 4.77 Å². The van der Waals surface area contributed by atoms with Gasteiger partial charge in [0.15, 0.2) is 5.71 Å². The molecule has 0 radical (unpaired) electrons. The molecule has 0 saturated heterocycles. The highest BCUT2D eigenvalue weighted by molar-refractivity contribution is 7.71. The van der Waals surface area contributed by atoms with Crippen molar-refractivity contribution >= 4 is 94.3 Å². The van der Waals surface area contributed by atoms with Crippen LogP contribution in [0.5, 0.6) is 0 Å². The molecule has 7 aromatic rings. The molecular weight excluding hydrogens is 995 g/mol. The quantitative estimate of drug-likeness (QED) is 0.0413. The third kappa shape index (κ3) is 11.1. The molecule has 1 aliphatic rings. The fourth-order valence-corrected chi connectivity index (χ4v) is 9.84. The molecule has 24 heteroatoms. The molecule has 8 rings (SSSR count). The molecule has 1 atom stereocenters. The lowest BCUT2D eigenvalue weighted by Gasteiger charge is -2.33. The summed E-state index contributed by atoms with van der Waals surface area (Å²) < 4.78 is 48.2. The maximum absolute atomic E-state index is 12.9. The lowest BCUT2D eigenvalue weighted by Crippen LogP contribution is -2.47. The number of aliphatic hydroxyl groups is 1. The van der Waals surface area contributed by atoms with Gasteiger partial charge in [-0.15, -0.1) is 34.3 Å². The minimum Gasteiger partial charge on any atom is -0.464 e. The van der Waals surface area contributed by atoms with Gasteiger partial charge >= 0.3 is 12.1 Å². The second-order valence-corrected chi connectivity index (χ2v) is 18.7. The average molecular weight is 1030 g/mol. The fraction of sp³-hybridized carbons (Fsp3) is 0.295. The number of alkyl halides is 4. The van der Waals surface area contributed by atoms with Crippen LogP contribution in [0.4, 0.5) is 13.2 Å². The van der Waals surface area contributed by atoms with Crippen LogP contribution in [0.25, 0.3) is 18.8 Å². The summed E-state index contributed by atoms with van der Waals surface area (Å²) in [6.45, 7) is 1.75. The van der Waals surface area contributed by atoms with E-state index in [4.69, 9.17) is 49.8 Å². The van der Waals surface area contributed by atoms with E-state index < -0.39 is 50.4 Å². The second-order valence-electron chi connectivity index (χ2n) is 15.2. The van der Waals surface area contributed by atoms with E-state index in [0.717, 1.165) is 62.3 Å². The summed E-state index contributed by atoms with van der Waals surface area (Å²) in [5.74, 6) is -0.692. The Bertz CT molecular complexity index is 3200. The van der Waals surface area contributed by atoms with Crippen molar-refractivity contribution in [3.8, 4) is 0 Å². The molecule has 1 saturated carbocycles. The third-order valence-corrected chi connectivity index (χ3v) is 14.7. The number of hydrogen-bond donors (Lipinski definition) is 2. The van der Waals surface area contributed by atoms with Crippen molar-refractivity contribution in [2.45, 2.75) is 56.0 Å². The molecule has 3 aromatic carbocycles. The zero-order valence-corrected chi connectivity index (χ0v) is 40.5. The predicted octanol–water partition coefficient (Wildman–Crippen LogP) is 7.18. The van der Waals surface area contributed by atoms with E-state index in [1.54, 1.807) is 28.9 Å². The van der Waals surface area contributed by atoms with Gasteiger partial charge in [-0.05, 0) is 61.3 Å². The first kappa shape index (κ1) is 51.4.